The van der Waals surface area contributed by atoms with E-state index in [1.807, 2.05) is 0 Å². The zero-order valence-corrected chi connectivity index (χ0v) is 14.1. The minimum atomic E-state index is -0.819. The van der Waals surface area contributed by atoms with Crippen LogP contribution in [-0.4, -0.2) is 11.5 Å². The predicted octanol–water partition coefficient (Wildman–Crippen LogP) is 5.16. The molecule has 0 aliphatic heterocycles. The van der Waals surface area contributed by atoms with E-state index in [0.717, 1.165) is 19.3 Å². The van der Waals surface area contributed by atoms with E-state index in [9.17, 15) is 0 Å². The van der Waals surface area contributed by atoms with Crippen molar-refractivity contribution in [3.63, 3.8) is 0 Å². The number of rotatable bonds is 6. The lowest BCUT2D eigenvalue weighted by Crippen LogP contribution is -1.93. The van der Waals surface area contributed by atoms with E-state index >= 15 is 0 Å². The maximum absolute atomic E-state index is 8.74. The van der Waals surface area contributed by atoms with E-state index in [4.69, 9.17) is 9.42 Å². The third kappa shape index (κ3) is 2.68. The van der Waals surface area contributed by atoms with Crippen molar-refractivity contribution in [1.82, 2.24) is 0 Å². The van der Waals surface area contributed by atoms with Crippen LogP contribution in [0.15, 0.2) is 54.6 Å². The molecule has 1 N–H and O–H groups in total. The van der Waals surface area contributed by atoms with Gasteiger partial charge < -0.3 is 0 Å². The molecule has 4 rings (SSSR count). The summed E-state index contributed by atoms with van der Waals surface area (Å²) >= 11 is 0. The monoisotopic (exact) mass is 323 g/mol. The van der Waals surface area contributed by atoms with E-state index in [2.05, 4.69) is 54.6 Å². The SMILES string of the molecule is O[PH2+]OCCCCc1ccc2ccc3cccc4ccc1c2c34. The van der Waals surface area contributed by atoms with Crippen LogP contribution in [0.2, 0.25) is 0 Å². The van der Waals surface area contributed by atoms with Gasteiger partial charge >= 0.3 is 0 Å². The molecule has 0 fully saturated rings. The summed E-state index contributed by atoms with van der Waals surface area (Å²) in [4.78, 5) is 8.74. The zero-order chi connectivity index (χ0) is 15.6. The molecule has 116 valence electrons. The largest absolute Gasteiger partial charge is 0.247 e. The molecule has 1 atom stereocenters. The van der Waals surface area contributed by atoms with E-state index in [1.54, 1.807) is 0 Å². The standard InChI is InChI=1S/C20H20O2P/c21-23-22-13-2-1-4-14-7-8-17-10-9-15-5-3-6-16-11-12-18(14)20(17)19(15)16/h3,5-12,21H,1-2,4,13,23H2/q+1. The highest BCUT2D eigenvalue weighted by Crippen LogP contribution is 2.36. The van der Waals surface area contributed by atoms with Gasteiger partial charge in [0, 0.05) is 0 Å². The predicted molar refractivity (Wildman–Crippen MR) is 101 cm³/mol. The first kappa shape index (κ1) is 14.8. The third-order valence-corrected chi connectivity index (χ3v) is 5.04. The van der Waals surface area contributed by atoms with Crippen LogP contribution in [0.1, 0.15) is 18.4 Å². The lowest BCUT2D eigenvalue weighted by molar-refractivity contribution is 0.316. The Hall–Kier alpha value is -1.73. The number of hydrogen-bond donors (Lipinski definition) is 1. The second-order valence-corrected chi connectivity index (χ2v) is 6.56. The van der Waals surface area contributed by atoms with Crippen LogP contribution in [0, 0.1) is 0 Å². The normalized spacial score (nSPS) is 12.4. The summed E-state index contributed by atoms with van der Waals surface area (Å²) in [6.45, 7) is 0.664. The van der Waals surface area contributed by atoms with Gasteiger partial charge in [-0.2, -0.15) is 0 Å². The molecule has 23 heavy (non-hydrogen) atoms. The fourth-order valence-electron chi connectivity index (χ4n) is 3.57. The molecule has 2 nitrogen and oxygen atoms in total. The molecule has 3 heteroatoms. The molecule has 0 saturated heterocycles. The molecule has 4 aromatic rings. The van der Waals surface area contributed by atoms with Gasteiger partial charge in [-0.25, -0.2) is 9.42 Å². The lowest BCUT2D eigenvalue weighted by Gasteiger charge is -2.13. The quantitative estimate of drug-likeness (QED) is 0.302. The number of aryl methyl sites for hydroxylation is 1. The van der Waals surface area contributed by atoms with Crippen molar-refractivity contribution in [2.24, 2.45) is 0 Å². The van der Waals surface area contributed by atoms with Gasteiger partial charge in [0.05, 0.1) is 6.61 Å². The Balaban J connectivity index is 1.77. The molecule has 0 amide bonds. The molecule has 4 aromatic carbocycles. The first-order valence-corrected chi connectivity index (χ1v) is 9.10. The molecule has 0 aliphatic carbocycles. The van der Waals surface area contributed by atoms with Crippen LogP contribution >= 0.6 is 9.03 Å². The van der Waals surface area contributed by atoms with Crippen molar-refractivity contribution in [1.29, 1.82) is 0 Å². The van der Waals surface area contributed by atoms with Crippen molar-refractivity contribution >= 4 is 41.4 Å². The Kier molecular flexibility index (Phi) is 4.13. The lowest BCUT2D eigenvalue weighted by atomic mass is 9.91. The molecular weight excluding hydrogens is 303 g/mol. The zero-order valence-electron chi connectivity index (χ0n) is 13.0. The Bertz CT molecular complexity index is 932. The van der Waals surface area contributed by atoms with Crippen LogP contribution in [0.5, 0.6) is 0 Å². The topological polar surface area (TPSA) is 29.5 Å². The number of benzene rings is 4. The molecule has 0 heterocycles. The molecule has 0 bridgehead atoms. The van der Waals surface area contributed by atoms with Gasteiger partial charge in [0.25, 0.3) is 0 Å². The van der Waals surface area contributed by atoms with Gasteiger partial charge in [0.15, 0.2) is 0 Å². The van der Waals surface area contributed by atoms with Crippen molar-refractivity contribution in [2.75, 3.05) is 6.61 Å². The summed E-state index contributed by atoms with van der Waals surface area (Å²) < 4.78 is 5.09. The fraction of sp³-hybridized carbons (Fsp3) is 0.200. The average Bonchev–Trinajstić information content (AvgIpc) is 2.60. The minimum absolute atomic E-state index is 0.664. The Morgan fingerprint density at radius 3 is 2.26 bits per heavy atom. The molecule has 0 aromatic heterocycles. The number of hydrogen-bond acceptors (Lipinski definition) is 2. The van der Waals surface area contributed by atoms with Crippen molar-refractivity contribution < 1.29 is 9.42 Å². The van der Waals surface area contributed by atoms with Crippen molar-refractivity contribution in [2.45, 2.75) is 19.3 Å². The van der Waals surface area contributed by atoms with Crippen LogP contribution in [0.3, 0.4) is 0 Å². The van der Waals surface area contributed by atoms with Crippen LogP contribution in [0.4, 0.5) is 0 Å². The van der Waals surface area contributed by atoms with Gasteiger partial charge in [0.1, 0.15) is 0 Å². The van der Waals surface area contributed by atoms with Crippen molar-refractivity contribution in [3.8, 4) is 0 Å². The third-order valence-electron chi connectivity index (χ3n) is 4.65. The first-order valence-electron chi connectivity index (χ1n) is 8.11. The van der Waals surface area contributed by atoms with E-state index < -0.39 is 9.03 Å². The summed E-state index contributed by atoms with van der Waals surface area (Å²) in [7, 11) is -0.819. The summed E-state index contributed by atoms with van der Waals surface area (Å²) in [6, 6.07) is 20.0. The molecule has 0 radical (unpaired) electrons. The average molecular weight is 323 g/mol. The molecule has 0 aliphatic rings. The van der Waals surface area contributed by atoms with E-state index in [-0.39, 0.29) is 0 Å². The highest BCUT2D eigenvalue weighted by Gasteiger charge is 2.10. The second kappa shape index (κ2) is 6.41. The minimum Gasteiger partial charge on any atom is -0.225 e. The Labute approximate surface area is 137 Å². The highest BCUT2D eigenvalue weighted by atomic mass is 31.1. The smallest absolute Gasteiger partial charge is 0.225 e. The van der Waals surface area contributed by atoms with Crippen LogP contribution in [-0.2, 0) is 10.9 Å². The maximum Gasteiger partial charge on any atom is 0.247 e. The summed E-state index contributed by atoms with van der Waals surface area (Å²) in [5.41, 5.74) is 1.41. The van der Waals surface area contributed by atoms with E-state index in [0.29, 0.717) is 6.61 Å². The summed E-state index contributed by atoms with van der Waals surface area (Å²) in [5.74, 6) is 0. The van der Waals surface area contributed by atoms with Gasteiger partial charge in [0.2, 0.25) is 9.03 Å². The first-order chi connectivity index (χ1) is 11.4. The maximum atomic E-state index is 8.74. The molecule has 1 unspecified atom stereocenters. The Morgan fingerprint density at radius 2 is 1.48 bits per heavy atom. The Morgan fingerprint density at radius 1 is 0.783 bits per heavy atom. The highest BCUT2D eigenvalue weighted by molar-refractivity contribution is 7.24. The van der Waals surface area contributed by atoms with Gasteiger partial charge in [-0.3, -0.25) is 0 Å². The van der Waals surface area contributed by atoms with Crippen LogP contribution < -0.4 is 0 Å². The van der Waals surface area contributed by atoms with E-state index in [1.165, 1.54) is 37.9 Å². The summed E-state index contributed by atoms with van der Waals surface area (Å²) in [5, 5.41) is 8.11. The fourth-order valence-corrected chi connectivity index (χ4v) is 3.84. The van der Waals surface area contributed by atoms with Gasteiger partial charge in [-0.1, -0.05) is 54.6 Å². The van der Waals surface area contributed by atoms with Crippen LogP contribution in [0.25, 0.3) is 32.3 Å². The molecular formula is C20H20O2P+. The summed E-state index contributed by atoms with van der Waals surface area (Å²) in [6.07, 6.45) is 3.14. The van der Waals surface area contributed by atoms with Crippen molar-refractivity contribution in [3.05, 3.63) is 60.2 Å². The number of unbranched alkanes of at least 4 members (excludes halogenated alkanes) is 1. The van der Waals surface area contributed by atoms with Gasteiger partial charge in [-0.15, -0.1) is 0 Å². The second-order valence-electron chi connectivity index (χ2n) is 6.01. The molecule has 0 spiro atoms. The molecule has 0 saturated carbocycles. The van der Waals surface area contributed by atoms with Gasteiger partial charge in [-0.05, 0) is 57.1 Å².